The third-order valence-electron chi connectivity index (χ3n) is 4.48. The molecule has 3 heteroatoms. The molecule has 1 aliphatic rings. The fraction of sp³-hybridized carbons (Fsp3) is 0.647. The number of anilines is 1. The Hall–Kier alpha value is -1.22. The van der Waals surface area contributed by atoms with Gasteiger partial charge in [-0.05, 0) is 44.2 Å². The van der Waals surface area contributed by atoms with Crippen molar-refractivity contribution in [3.05, 3.63) is 23.8 Å². The van der Waals surface area contributed by atoms with Crippen LogP contribution in [0, 0.1) is 5.92 Å². The molecule has 1 fully saturated rings. The van der Waals surface area contributed by atoms with Crippen molar-refractivity contribution in [2.24, 2.45) is 11.7 Å². The van der Waals surface area contributed by atoms with Crippen LogP contribution in [0.1, 0.15) is 51.1 Å². The third-order valence-corrected chi connectivity index (χ3v) is 4.48. The van der Waals surface area contributed by atoms with E-state index in [9.17, 15) is 0 Å². The Labute approximate surface area is 123 Å². The zero-order chi connectivity index (χ0) is 14.5. The topological polar surface area (TPSA) is 38.5 Å². The average Bonchev–Trinajstić information content (AvgIpc) is 2.71. The molecule has 0 bridgehead atoms. The number of nitrogens with two attached hydrogens (primary N) is 1. The van der Waals surface area contributed by atoms with E-state index in [0.29, 0.717) is 0 Å². The van der Waals surface area contributed by atoms with E-state index in [-0.39, 0.29) is 6.04 Å². The minimum Gasteiger partial charge on any atom is -0.496 e. The van der Waals surface area contributed by atoms with Gasteiger partial charge < -0.3 is 15.4 Å². The molecule has 1 aromatic carbocycles. The van der Waals surface area contributed by atoms with Crippen LogP contribution in [-0.2, 0) is 0 Å². The first-order valence-electron chi connectivity index (χ1n) is 7.84. The summed E-state index contributed by atoms with van der Waals surface area (Å²) < 4.78 is 5.50. The van der Waals surface area contributed by atoms with Crippen molar-refractivity contribution < 1.29 is 4.74 Å². The molecule has 0 aliphatic carbocycles. The first-order chi connectivity index (χ1) is 9.67. The second-order valence-corrected chi connectivity index (χ2v) is 5.87. The van der Waals surface area contributed by atoms with Gasteiger partial charge >= 0.3 is 0 Å². The maximum atomic E-state index is 6.18. The van der Waals surface area contributed by atoms with Crippen LogP contribution in [0.2, 0.25) is 0 Å². The van der Waals surface area contributed by atoms with Gasteiger partial charge in [0.2, 0.25) is 0 Å². The summed E-state index contributed by atoms with van der Waals surface area (Å²) in [6.07, 6.45) is 5.21. The number of ether oxygens (including phenoxy) is 1. The number of benzene rings is 1. The summed E-state index contributed by atoms with van der Waals surface area (Å²) in [5, 5.41) is 0. The summed E-state index contributed by atoms with van der Waals surface area (Å²) in [4.78, 5) is 2.50. The third kappa shape index (κ3) is 3.26. The quantitative estimate of drug-likeness (QED) is 0.910. The van der Waals surface area contributed by atoms with E-state index in [0.717, 1.165) is 30.3 Å². The summed E-state index contributed by atoms with van der Waals surface area (Å²) in [7, 11) is 1.72. The van der Waals surface area contributed by atoms with Crippen molar-refractivity contribution >= 4 is 5.69 Å². The number of rotatable bonds is 4. The molecule has 3 nitrogen and oxygen atoms in total. The van der Waals surface area contributed by atoms with Gasteiger partial charge in [0.1, 0.15) is 5.75 Å². The van der Waals surface area contributed by atoms with E-state index in [1.165, 1.54) is 31.4 Å². The van der Waals surface area contributed by atoms with Crippen molar-refractivity contribution in [2.75, 3.05) is 25.1 Å². The highest BCUT2D eigenvalue weighted by Crippen LogP contribution is 2.35. The lowest BCUT2D eigenvalue weighted by molar-refractivity contribution is 0.407. The lowest BCUT2D eigenvalue weighted by Gasteiger charge is -2.28. The summed E-state index contributed by atoms with van der Waals surface area (Å²) in [6, 6.07) is 6.26. The highest BCUT2D eigenvalue weighted by atomic mass is 16.5. The number of hydrogen-bond acceptors (Lipinski definition) is 3. The van der Waals surface area contributed by atoms with Crippen LogP contribution in [0.15, 0.2) is 18.2 Å². The van der Waals surface area contributed by atoms with E-state index in [1.807, 2.05) is 13.0 Å². The van der Waals surface area contributed by atoms with Gasteiger partial charge in [0.25, 0.3) is 0 Å². The predicted octanol–water partition coefficient (Wildman–Crippen LogP) is 3.73. The lowest BCUT2D eigenvalue weighted by Crippen LogP contribution is -2.26. The van der Waals surface area contributed by atoms with Gasteiger partial charge in [0.15, 0.2) is 0 Å². The van der Waals surface area contributed by atoms with E-state index in [1.54, 1.807) is 7.11 Å². The monoisotopic (exact) mass is 276 g/mol. The molecular weight excluding hydrogens is 248 g/mol. The Balaban J connectivity index is 2.27. The van der Waals surface area contributed by atoms with E-state index in [2.05, 4.69) is 24.0 Å². The van der Waals surface area contributed by atoms with Gasteiger partial charge in [-0.15, -0.1) is 0 Å². The van der Waals surface area contributed by atoms with Crippen LogP contribution in [0.4, 0.5) is 5.69 Å². The summed E-state index contributed by atoms with van der Waals surface area (Å²) in [5.74, 6) is 1.79. The van der Waals surface area contributed by atoms with Gasteiger partial charge in [-0.3, -0.25) is 0 Å². The molecule has 2 rings (SSSR count). The smallest absolute Gasteiger partial charge is 0.125 e. The van der Waals surface area contributed by atoms with Gasteiger partial charge in [-0.2, -0.15) is 0 Å². The van der Waals surface area contributed by atoms with Crippen LogP contribution < -0.4 is 15.4 Å². The van der Waals surface area contributed by atoms with Crippen molar-refractivity contribution in [1.29, 1.82) is 0 Å². The zero-order valence-electron chi connectivity index (χ0n) is 13.1. The Morgan fingerprint density at radius 1 is 1.35 bits per heavy atom. The largest absolute Gasteiger partial charge is 0.496 e. The molecule has 0 spiro atoms. The second-order valence-electron chi connectivity index (χ2n) is 5.87. The molecule has 0 saturated carbocycles. The number of methoxy groups -OCH3 is 1. The molecule has 1 saturated heterocycles. The minimum absolute atomic E-state index is 0.00799. The SMILES string of the molecule is CCC1CCCN(c2cccc(OC)c2C(C)N)CC1. The molecule has 0 radical (unpaired) electrons. The first-order valence-corrected chi connectivity index (χ1v) is 7.84. The molecule has 0 aromatic heterocycles. The van der Waals surface area contributed by atoms with E-state index < -0.39 is 0 Å². The Bertz CT molecular complexity index is 431. The lowest BCUT2D eigenvalue weighted by atomic mass is 9.98. The normalized spacial score (nSPS) is 21.4. The van der Waals surface area contributed by atoms with Crippen LogP contribution in [0.3, 0.4) is 0 Å². The molecule has 2 N–H and O–H groups in total. The van der Waals surface area contributed by atoms with Crippen molar-refractivity contribution in [3.63, 3.8) is 0 Å². The fourth-order valence-electron chi connectivity index (χ4n) is 3.26. The van der Waals surface area contributed by atoms with Crippen LogP contribution in [0.5, 0.6) is 5.75 Å². The van der Waals surface area contributed by atoms with Crippen molar-refractivity contribution in [3.8, 4) is 5.75 Å². The Kier molecular flexibility index (Phi) is 5.30. The van der Waals surface area contributed by atoms with E-state index >= 15 is 0 Å². The van der Waals surface area contributed by atoms with Gasteiger partial charge in [0, 0.05) is 30.4 Å². The molecule has 1 aliphatic heterocycles. The highest BCUT2D eigenvalue weighted by molar-refractivity contribution is 5.60. The van der Waals surface area contributed by atoms with Crippen LogP contribution in [0.25, 0.3) is 0 Å². The summed E-state index contributed by atoms with van der Waals surface area (Å²) >= 11 is 0. The first kappa shape index (κ1) is 15.2. The molecule has 1 heterocycles. The van der Waals surface area contributed by atoms with Crippen LogP contribution >= 0.6 is 0 Å². The summed E-state index contributed by atoms with van der Waals surface area (Å²) in [5.41, 5.74) is 8.59. The molecular formula is C17H28N2O. The van der Waals surface area contributed by atoms with Gasteiger partial charge in [-0.1, -0.05) is 19.4 Å². The predicted molar refractivity (Wildman–Crippen MR) is 85.4 cm³/mol. The van der Waals surface area contributed by atoms with Gasteiger partial charge in [-0.25, -0.2) is 0 Å². The average molecular weight is 276 g/mol. The molecule has 2 atom stereocenters. The Morgan fingerprint density at radius 3 is 2.80 bits per heavy atom. The van der Waals surface area contributed by atoms with Crippen molar-refractivity contribution in [1.82, 2.24) is 0 Å². The maximum absolute atomic E-state index is 6.18. The zero-order valence-corrected chi connectivity index (χ0v) is 13.1. The second kappa shape index (κ2) is 6.98. The standard InChI is InChI=1S/C17H28N2O/c1-4-14-7-6-11-19(12-10-14)15-8-5-9-16(20-3)17(15)13(2)18/h5,8-9,13-14H,4,6-7,10-12,18H2,1-3H3. The number of hydrogen-bond donors (Lipinski definition) is 1. The molecule has 0 amide bonds. The molecule has 112 valence electrons. The van der Waals surface area contributed by atoms with E-state index in [4.69, 9.17) is 10.5 Å². The fourth-order valence-corrected chi connectivity index (χ4v) is 3.26. The van der Waals surface area contributed by atoms with Gasteiger partial charge in [0.05, 0.1) is 7.11 Å². The molecule has 20 heavy (non-hydrogen) atoms. The van der Waals surface area contributed by atoms with Crippen molar-refractivity contribution in [2.45, 2.75) is 45.6 Å². The maximum Gasteiger partial charge on any atom is 0.125 e. The Morgan fingerprint density at radius 2 is 2.15 bits per heavy atom. The number of nitrogens with zero attached hydrogens (tertiary/aromatic N) is 1. The minimum atomic E-state index is -0.00799. The highest BCUT2D eigenvalue weighted by Gasteiger charge is 2.21. The summed E-state index contributed by atoms with van der Waals surface area (Å²) in [6.45, 7) is 6.60. The molecule has 1 aromatic rings. The van der Waals surface area contributed by atoms with Crippen LogP contribution in [-0.4, -0.2) is 20.2 Å². The molecule has 2 unspecified atom stereocenters.